The van der Waals surface area contributed by atoms with Crippen molar-refractivity contribution >= 4 is 40.0 Å². The highest BCUT2D eigenvalue weighted by Gasteiger charge is 2.38. The number of benzene rings is 7. The lowest BCUT2D eigenvalue weighted by Gasteiger charge is -2.19. The molecule has 4 heteroatoms. The summed E-state index contributed by atoms with van der Waals surface area (Å²) in [6.45, 7) is 4.92. The molecular formula is C43H31N3Si. The Hall–Kier alpha value is -5.71. The first-order chi connectivity index (χ1) is 23.0. The van der Waals surface area contributed by atoms with Crippen LogP contribution in [0.15, 0.2) is 152 Å². The molecule has 8 aromatic rings. The van der Waals surface area contributed by atoms with E-state index in [1.54, 1.807) is 0 Å². The van der Waals surface area contributed by atoms with E-state index in [0.29, 0.717) is 17.5 Å². The third kappa shape index (κ3) is 4.52. The van der Waals surface area contributed by atoms with E-state index in [4.69, 9.17) is 15.0 Å². The van der Waals surface area contributed by atoms with Crippen LogP contribution in [0.3, 0.4) is 0 Å². The maximum absolute atomic E-state index is 5.12. The number of rotatable bonds is 4. The molecule has 222 valence electrons. The van der Waals surface area contributed by atoms with E-state index in [1.807, 2.05) is 18.2 Å². The molecule has 0 radical (unpaired) electrons. The SMILES string of the molecule is C[Si]1(C)c2cc(-c3nc(-c4ccccc4)nc(-c4ccc(-c5cccc6ccccc56)cc4)n3)ccc2-c2c1ccc1ccccc21. The van der Waals surface area contributed by atoms with E-state index in [9.17, 15) is 0 Å². The van der Waals surface area contributed by atoms with Crippen LogP contribution in [0.2, 0.25) is 13.1 Å². The quantitative estimate of drug-likeness (QED) is 0.185. The lowest BCUT2D eigenvalue weighted by atomic mass is 9.97. The minimum absolute atomic E-state index is 0.671. The molecule has 47 heavy (non-hydrogen) atoms. The van der Waals surface area contributed by atoms with Gasteiger partial charge in [0, 0.05) is 16.7 Å². The van der Waals surface area contributed by atoms with Crippen molar-refractivity contribution in [1.82, 2.24) is 15.0 Å². The molecule has 1 aromatic heterocycles. The van der Waals surface area contributed by atoms with Gasteiger partial charge in [-0.25, -0.2) is 15.0 Å². The number of aromatic nitrogens is 3. The van der Waals surface area contributed by atoms with Gasteiger partial charge in [0.25, 0.3) is 0 Å². The highest BCUT2D eigenvalue weighted by Crippen LogP contribution is 2.36. The first-order valence-corrected chi connectivity index (χ1v) is 19.1. The van der Waals surface area contributed by atoms with Crippen LogP contribution in [0.1, 0.15) is 0 Å². The van der Waals surface area contributed by atoms with Crippen molar-refractivity contribution in [2.24, 2.45) is 0 Å². The number of hydrogen-bond acceptors (Lipinski definition) is 3. The smallest absolute Gasteiger partial charge is 0.164 e. The van der Waals surface area contributed by atoms with Gasteiger partial charge >= 0.3 is 0 Å². The van der Waals surface area contributed by atoms with Crippen molar-refractivity contribution in [2.45, 2.75) is 13.1 Å². The van der Waals surface area contributed by atoms with E-state index in [-0.39, 0.29) is 0 Å². The summed E-state index contributed by atoms with van der Waals surface area (Å²) in [5.74, 6) is 2.04. The summed E-state index contributed by atoms with van der Waals surface area (Å²) >= 11 is 0. The van der Waals surface area contributed by atoms with Crippen LogP contribution in [0.25, 0.3) is 78.0 Å². The number of hydrogen-bond donors (Lipinski definition) is 0. The lowest BCUT2D eigenvalue weighted by molar-refractivity contribution is 1.07. The van der Waals surface area contributed by atoms with Crippen molar-refractivity contribution in [2.75, 3.05) is 0 Å². The maximum atomic E-state index is 5.12. The van der Waals surface area contributed by atoms with Gasteiger partial charge in [0.05, 0.1) is 0 Å². The van der Waals surface area contributed by atoms with Gasteiger partial charge in [-0.05, 0) is 54.2 Å². The largest absolute Gasteiger partial charge is 0.208 e. The first-order valence-electron chi connectivity index (χ1n) is 16.1. The van der Waals surface area contributed by atoms with Gasteiger partial charge in [-0.2, -0.15) is 0 Å². The van der Waals surface area contributed by atoms with Crippen LogP contribution in [0.4, 0.5) is 0 Å². The number of nitrogens with zero attached hydrogens (tertiary/aromatic N) is 3. The molecule has 0 bridgehead atoms. The molecule has 1 aliphatic heterocycles. The van der Waals surface area contributed by atoms with Crippen LogP contribution >= 0.6 is 0 Å². The molecule has 0 saturated heterocycles. The van der Waals surface area contributed by atoms with Crippen LogP contribution in [0, 0.1) is 0 Å². The Labute approximate surface area is 275 Å². The summed E-state index contributed by atoms with van der Waals surface area (Å²) < 4.78 is 0. The zero-order valence-electron chi connectivity index (χ0n) is 26.3. The molecule has 3 nitrogen and oxygen atoms in total. The van der Waals surface area contributed by atoms with Crippen molar-refractivity contribution in [3.63, 3.8) is 0 Å². The molecule has 0 aliphatic carbocycles. The van der Waals surface area contributed by atoms with E-state index in [0.717, 1.165) is 16.7 Å². The Kier molecular flexibility index (Phi) is 6.27. The maximum Gasteiger partial charge on any atom is 0.164 e. The summed E-state index contributed by atoms with van der Waals surface area (Å²) in [6.07, 6.45) is 0. The van der Waals surface area contributed by atoms with E-state index < -0.39 is 8.07 Å². The Bertz CT molecular complexity index is 2480. The molecule has 0 atom stereocenters. The second kappa shape index (κ2) is 10.7. The predicted molar refractivity (Wildman–Crippen MR) is 199 cm³/mol. The molecule has 1 aliphatic rings. The van der Waals surface area contributed by atoms with E-state index >= 15 is 0 Å². The molecule has 7 aromatic carbocycles. The Morgan fingerprint density at radius 2 is 0.936 bits per heavy atom. The number of fused-ring (bicyclic) bond motifs is 6. The second-order valence-electron chi connectivity index (χ2n) is 12.9. The molecule has 2 heterocycles. The molecule has 0 fully saturated rings. The lowest BCUT2D eigenvalue weighted by Crippen LogP contribution is -2.49. The predicted octanol–water partition coefficient (Wildman–Crippen LogP) is 9.65. The summed E-state index contributed by atoms with van der Waals surface area (Å²) in [6, 6.07) is 54.0. The Morgan fingerprint density at radius 3 is 1.68 bits per heavy atom. The monoisotopic (exact) mass is 617 g/mol. The average molecular weight is 618 g/mol. The summed E-state index contributed by atoms with van der Waals surface area (Å²) in [5, 5.41) is 8.03. The highest BCUT2D eigenvalue weighted by molar-refractivity contribution is 7.04. The van der Waals surface area contributed by atoms with Gasteiger partial charge in [-0.3, -0.25) is 0 Å². The fourth-order valence-electron chi connectivity index (χ4n) is 7.27. The minimum atomic E-state index is -1.95. The third-order valence-corrected chi connectivity index (χ3v) is 13.3. The van der Waals surface area contributed by atoms with E-state index in [1.165, 1.54) is 54.2 Å². The van der Waals surface area contributed by atoms with E-state index in [2.05, 4.69) is 147 Å². The molecule has 0 saturated carbocycles. The van der Waals surface area contributed by atoms with Crippen molar-refractivity contribution in [3.8, 4) is 56.4 Å². The minimum Gasteiger partial charge on any atom is -0.208 e. The Balaban J connectivity index is 1.17. The average Bonchev–Trinajstić information content (AvgIpc) is 3.37. The van der Waals surface area contributed by atoms with Gasteiger partial charge in [0.15, 0.2) is 17.5 Å². The van der Waals surface area contributed by atoms with Crippen LogP contribution in [0.5, 0.6) is 0 Å². The fraction of sp³-hybridized carbons (Fsp3) is 0.0465. The van der Waals surface area contributed by atoms with Crippen LogP contribution < -0.4 is 10.4 Å². The van der Waals surface area contributed by atoms with Crippen LogP contribution in [-0.2, 0) is 0 Å². The zero-order valence-corrected chi connectivity index (χ0v) is 27.3. The topological polar surface area (TPSA) is 38.7 Å². The van der Waals surface area contributed by atoms with Crippen molar-refractivity contribution in [1.29, 1.82) is 0 Å². The highest BCUT2D eigenvalue weighted by atomic mass is 28.3. The molecule has 0 unspecified atom stereocenters. The van der Waals surface area contributed by atoms with Crippen LogP contribution in [-0.4, -0.2) is 23.0 Å². The summed E-state index contributed by atoms with van der Waals surface area (Å²) in [7, 11) is -1.95. The van der Waals surface area contributed by atoms with Gasteiger partial charge in [0.2, 0.25) is 0 Å². The molecule has 0 spiro atoms. The van der Waals surface area contributed by atoms with Crippen molar-refractivity contribution in [3.05, 3.63) is 152 Å². The summed E-state index contributed by atoms with van der Waals surface area (Å²) in [5.41, 5.74) is 8.09. The zero-order chi connectivity index (χ0) is 31.5. The Morgan fingerprint density at radius 1 is 0.383 bits per heavy atom. The fourth-order valence-corrected chi connectivity index (χ4v) is 10.4. The summed E-state index contributed by atoms with van der Waals surface area (Å²) in [4.78, 5) is 15.2. The molecular weight excluding hydrogens is 587 g/mol. The van der Waals surface area contributed by atoms with Gasteiger partial charge in [-0.1, -0.05) is 165 Å². The first kappa shape index (κ1) is 27.6. The van der Waals surface area contributed by atoms with Gasteiger partial charge in [-0.15, -0.1) is 0 Å². The molecule has 0 amide bonds. The van der Waals surface area contributed by atoms with Gasteiger partial charge in [0.1, 0.15) is 8.07 Å². The second-order valence-corrected chi connectivity index (χ2v) is 17.2. The van der Waals surface area contributed by atoms with Crippen molar-refractivity contribution < 1.29 is 0 Å². The third-order valence-electron chi connectivity index (χ3n) is 9.73. The standard InChI is InChI=1S/C43H31N3Si/c1-47(2)38-26-24-29-12-7-9-17-36(29)40(38)37-25-23-33(27-39(37)47)43-45-41(31-13-4-3-5-14-31)44-42(46-43)32-21-19-30(20-22-32)35-18-10-15-28-11-6-8-16-34(28)35/h3-27H,1-2H3. The molecule has 0 N–H and O–H groups in total. The van der Waals surface area contributed by atoms with Gasteiger partial charge < -0.3 is 0 Å². The normalized spacial score (nSPS) is 13.1. The molecule has 9 rings (SSSR count).